The molecule has 6 rings (SSSR count). The number of ether oxygens (including phenoxy) is 1. The first kappa shape index (κ1) is 32.5. The van der Waals surface area contributed by atoms with Crippen molar-refractivity contribution in [2.24, 2.45) is 10.7 Å². The topological polar surface area (TPSA) is 154 Å². The number of allylic oxidation sites excluding steroid dienone is 1. The normalized spacial score (nSPS) is 17.0. The molecule has 0 radical (unpaired) electrons. The molecule has 2 aliphatic heterocycles. The molecule has 2 fully saturated rings. The Labute approximate surface area is 279 Å². The van der Waals surface area contributed by atoms with Gasteiger partial charge in [0.1, 0.15) is 5.52 Å². The van der Waals surface area contributed by atoms with E-state index in [9.17, 15) is 9.59 Å². The minimum atomic E-state index is -0.398. The number of hydrogen-bond donors (Lipinski definition) is 3. The highest BCUT2D eigenvalue weighted by atomic mass is 16.5. The van der Waals surface area contributed by atoms with E-state index in [0.29, 0.717) is 66.1 Å². The van der Waals surface area contributed by atoms with Crippen molar-refractivity contribution < 1.29 is 14.3 Å². The van der Waals surface area contributed by atoms with E-state index in [1.165, 1.54) is 6.20 Å². The lowest BCUT2D eigenvalue weighted by Crippen LogP contribution is -2.37. The third kappa shape index (κ3) is 7.27. The van der Waals surface area contributed by atoms with Crippen LogP contribution in [0.25, 0.3) is 28.0 Å². The lowest BCUT2D eigenvalue weighted by molar-refractivity contribution is 0.0783. The summed E-state index contributed by atoms with van der Waals surface area (Å²) in [6, 6.07) is 16.2. The number of hydrogen-bond acceptors (Lipinski definition) is 10. The number of rotatable bonds is 8. The SMILES string of the molecule is CN=CC(=CN)c1cnc2c(N3CCOCC3)nc(-c3ccc(NC(=O)Nc4ccc(C(=O)N5CC[C@@H](N(C)C)C5)cc4)cc3)nc2c1. The third-order valence-corrected chi connectivity index (χ3v) is 8.58. The Balaban J connectivity index is 1.16. The lowest BCUT2D eigenvalue weighted by Gasteiger charge is -2.28. The Hall–Kier alpha value is -5.40. The van der Waals surface area contributed by atoms with Crippen molar-refractivity contribution in [2.45, 2.75) is 12.5 Å². The van der Waals surface area contributed by atoms with Crippen LogP contribution in [0.4, 0.5) is 22.0 Å². The zero-order valence-electron chi connectivity index (χ0n) is 27.4. The van der Waals surface area contributed by atoms with Crippen molar-refractivity contribution in [1.82, 2.24) is 24.8 Å². The van der Waals surface area contributed by atoms with E-state index < -0.39 is 6.03 Å². The predicted molar refractivity (Wildman–Crippen MR) is 189 cm³/mol. The number of likely N-dealkylation sites (tertiary alicyclic amines) is 1. The van der Waals surface area contributed by atoms with Crippen LogP contribution < -0.4 is 21.3 Å². The maximum absolute atomic E-state index is 12.9. The summed E-state index contributed by atoms with van der Waals surface area (Å²) in [6.07, 6.45) is 5.89. The summed E-state index contributed by atoms with van der Waals surface area (Å²) in [4.78, 5) is 50.6. The number of urea groups is 1. The lowest BCUT2D eigenvalue weighted by atomic mass is 10.1. The van der Waals surface area contributed by atoms with Gasteiger partial charge in [-0.15, -0.1) is 0 Å². The van der Waals surface area contributed by atoms with Crippen LogP contribution >= 0.6 is 0 Å². The number of amides is 3. The molecule has 3 amide bonds. The molecular weight excluding hydrogens is 608 g/mol. The molecule has 2 aromatic carbocycles. The number of nitrogens with zero attached hydrogens (tertiary/aromatic N) is 7. The zero-order chi connectivity index (χ0) is 33.6. The van der Waals surface area contributed by atoms with Crippen LogP contribution in [0.3, 0.4) is 0 Å². The summed E-state index contributed by atoms with van der Waals surface area (Å²) < 4.78 is 5.57. The molecule has 4 N–H and O–H groups in total. The summed E-state index contributed by atoms with van der Waals surface area (Å²) in [5, 5.41) is 5.70. The van der Waals surface area contributed by atoms with E-state index in [2.05, 4.69) is 25.4 Å². The maximum Gasteiger partial charge on any atom is 0.323 e. The van der Waals surface area contributed by atoms with E-state index in [1.54, 1.807) is 55.9 Å². The molecule has 48 heavy (non-hydrogen) atoms. The summed E-state index contributed by atoms with van der Waals surface area (Å²) in [6.45, 7) is 4.05. The highest BCUT2D eigenvalue weighted by Gasteiger charge is 2.28. The number of fused-ring (bicyclic) bond motifs is 1. The number of nitrogens with two attached hydrogens (primary N) is 1. The van der Waals surface area contributed by atoms with Crippen LogP contribution in [0.2, 0.25) is 0 Å². The van der Waals surface area contributed by atoms with Crippen LogP contribution in [-0.2, 0) is 4.74 Å². The van der Waals surface area contributed by atoms with Crippen molar-refractivity contribution in [3.63, 3.8) is 0 Å². The predicted octanol–water partition coefficient (Wildman–Crippen LogP) is 3.95. The summed E-state index contributed by atoms with van der Waals surface area (Å²) in [7, 11) is 5.76. The van der Waals surface area contributed by atoms with E-state index in [0.717, 1.165) is 42.0 Å². The first-order valence-corrected chi connectivity index (χ1v) is 15.9. The van der Waals surface area contributed by atoms with Crippen LogP contribution in [0.5, 0.6) is 0 Å². The number of benzene rings is 2. The Morgan fingerprint density at radius 1 is 0.979 bits per heavy atom. The average molecular weight is 649 g/mol. The van der Waals surface area contributed by atoms with Crippen molar-refractivity contribution >= 4 is 52.0 Å². The number of aromatic nitrogens is 3. The van der Waals surface area contributed by atoms with Gasteiger partial charge in [-0.3, -0.25) is 14.8 Å². The third-order valence-electron chi connectivity index (χ3n) is 8.58. The van der Waals surface area contributed by atoms with Crippen molar-refractivity contribution in [2.75, 3.05) is 76.1 Å². The van der Waals surface area contributed by atoms with Gasteiger partial charge in [0.05, 0.1) is 18.7 Å². The molecule has 0 saturated carbocycles. The van der Waals surface area contributed by atoms with Crippen LogP contribution in [-0.4, -0.2) is 109 Å². The number of nitrogens with one attached hydrogen (secondary N) is 2. The van der Waals surface area contributed by atoms with E-state index >= 15 is 0 Å². The monoisotopic (exact) mass is 648 g/mol. The van der Waals surface area contributed by atoms with Crippen molar-refractivity contribution in [1.29, 1.82) is 0 Å². The second-order valence-electron chi connectivity index (χ2n) is 12.0. The van der Waals surface area contributed by atoms with Gasteiger partial charge in [-0.05, 0) is 75.1 Å². The van der Waals surface area contributed by atoms with Crippen LogP contribution in [0.1, 0.15) is 22.3 Å². The largest absolute Gasteiger partial charge is 0.404 e. The molecule has 0 aliphatic carbocycles. The number of aliphatic imine (C=N–C) groups is 1. The second-order valence-corrected chi connectivity index (χ2v) is 12.0. The first-order chi connectivity index (χ1) is 23.3. The van der Waals surface area contributed by atoms with Gasteiger partial charge in [0, 0.05) is 91.5 Å². The van der Waals surface area contributed by atoms with Gasteiger partial charge in [0.2, 0.25) is 0 Å². The van der Waals surface area contributed by atoms with Gasteiger partial charge >= 0.3 is 6.03 Å². The van der Waals surface area contributed by atoms with E-state index in [1.807, 2.05) is 37.2 Å². The van der Waals surface area contributed by atoms with E-state index in [4.69, 9.17) is 25.4 Å². The summed E-state index contributed by atoms with van der Waals surface area (Å²) in [5.74, 6) is 1.27. The number of pyridine rings is 1. The first-order valence-electron chi connectivity index (χ1n) is 15.9. The van der Waals surface area contributed by atoms with Crippen LogP contribution in [0.15, 0.2) is 72.0 Å². The molecule has 0 bridgehead atoms. The molecule has 1 atom stereocenters. The molecule has 2 aliphatic rings. The standard InChI is InChI=1S/C35H40N10O3/c1-37-20-26(19-36)25-18-30-31(38-21-25)33(44-14-16-48-17-15-44)42-32(41-30)23-4-8-27(9-5-23)39-35(47)40-28-10-6-24(7-11-28)34(46)45-13-12-29(22-45)43(2)3/h4-11,18-21,29H,12-17,22,36H2,1-3H3,(H2,39,40,47)/t29-/m1/s1. The Morgan fingerprint density at radius 2 is 1.67 bits per heavy atom. The Kier molecular flexibility index (Phi) is 9.88. The minimum absolute atomic E-state index is 0.00250. The second kappa shape index (κ2) is 14.6. The smallest absolute Gasteiger partial charge is 0.323 e. The van der Waals surface area contributed by atoms with Gasteiger partial charge in [0.15, 0.2) is 11.6 Å². The fourth-order valence-electron chi connectivity index (χ4n) is 5.86. The Morgan fingerprint density at radius 3 is 2.29 bits per heavy atom. The number of carbonyl (C=O) groups excluding carboxylic acids is 2. The molecular formula is C35H40N10O3. The quantitative estimate of drug-likeness (QED) is 0.241. The fraction of sp³-hybridized carbons (Fsp3) is 0.314. The number of carbonyl (C=O) groups is 2. The van der Waals surface area contributed by atoms with Gasteiger partial charge in [-0.25, -0.2) is 14.8 Å². The van der Waals surface area contributed by atoms with Gasteiger partial charge in [0.25, 0.3) is 5.91 Å². The van der Waals surface area contributed by atoms with Gasteiger partial charge < -0.3 is 35.8 Å². The van der Waals surface area contributed by atoms with Crippen molar-refractivity contribution in [3.05, 3.63) is 78.1 Å². The number of morpholine rings is 1. The molecule has 13 heteroatoms. The summed E-state index contributed by atoms with van der Waals surface area (Å²) in [5.41, 5.74) is 11.3. The number of likely N-dealkylation sites (N-methyl/N-ethyl adjacent to an activating group) is 1. The molecule has 2 aromatic heterocycles. The van der Waals surface area contributed by atoms with E-state index in [-0.39, 0.29) is 5.91 Å². The molecule has 4 aromatic rings. The maximum atomic E-state index is 12.9. The molecule has 4 heterocycles. The fourth-order valence-corrected chi connectivity index (χ4v) is 5.86. The minimum Gasteiger partial charge on any atom is -0.404 e. The van der Waals surface area contributed by atoms with Crippen LogP contribution in [0, 0.1) is 0 Å². The van der Waals surface area contributed by atoms with Gasteiger partial charge in [-0.2, -0.15) is 0 Å². The highest BCUT2D eigenvalue weighted by molar-refractivity contribution is 6.10. The Bertz CT molecular complexity index is 1830. The number of anilines is 3. The highest BCUT2D eigenvalue weighted by Crippen LogP contribution is 2.29. The summed E-state index contributed by atoms with van der Waals surface area (Å²) >= 11 is 0. The van der Waals surface area contributed by atoms with Crippen molar-refractivity contribution in [3.8, 4) is 11.4 Å². The molecule has 0 unspecified atom stereocenters. The molecule has 248 valence electrons. The average Bonchev–Trinajstić information content (AvgIpc) is 3.62. The molecule has 13 nitrogen and oxygen atoms in total. The van der Waals surface area contributed by atoms with Gasteiger partial charge in [-0.1, -0.05) is 0 Å². The zero-order valence-corrected chi connectivity index (χ0v) is 27.4. The molecule has 2 saturated heterocycles. The molecule has 0 spiro atoms.